The number of carbonyl (C=O) groups excluding carboxylic acids is 1. The number of amides is 1. The number of para-hydroxylation sites is 2. The predicted octanol–water partition coefficient (Wildman–Crippen LogP) is 4.25. The van der Waals surface area contributed by atoms with E-state index in [2.05, 4.69) is 32.2 Å². The molecule has 0 aliphatic carbocycles. The average Bonchev–Trinajstić information content (AvgIpc) is 2.85. The van der Waals surface area contributed by atoms with Crippen molar-refractivity contribution in [3.63, 3.8) is 0 Å². The number of aromatic nitrogens is 1. The molecule has 6 nitrogen and oxygen atoms in total. The van der Waals surface area contributed by atoms with Crippen molar-refractivity contribution >= 4 is 45.6 Å². The van der Waals surface area contributed by atoms with Crippen LogP contribution in [0, 0.1) is 0 Å². The molecule has 0 atom stereocenters. The third kappa shape index (κ3) is 6.54. The first-order valence-electron chi connectivity index (χ1n) is 10.9. The highest BCUT2D eigenvalue weighted by molar-refractivity contribution is 8.22. The summed E-state index contributed by atoms with van der Waals surface area (Å²) >= 11 is 7.35. The van der Waals surface area contributed by atoms with Crippen molar-refractivity contribution in [1.82, 2.24) is 14.8 Å². The molecule has 2 heterocycles. The Kier molecular flexibility index (Phi) is 7.93. The molecule has 1 amide bonds. The van der Waals surface area contributed by atoms with Gasteiger partial charge in [-0.15, -0.1) is 0 Å². The monoisotopic (exact) mass is 477 g/mol. The average molecular weight is 478 g/mol. The molecule has 0 radical (unpaired) electrons. The Bertz CT molecular complexity index is 1080. The Balaban J connectivity index is 1.22. The van der Waals surface area contributed by atoms with Crippen molar-refractivity contribution in [3.05, 3.63) is 89.7 Å². The van der Waals surface area contributed by atoms with Crippen LogP contribution in [0.5, 0.6) is 0 Å². The van der Waals surface area contributed by atoms with Gasteiger partial charge in [0.15, 0.2) is 0 Å². The number of carbonyl (C=O) groups is 1. The summed E-state index contributed by atoms with van der Waals surface area (Å²) < 4.78 is 0.930. The number of benzene rings is 2. The van der Waals surface area contributed by atoms with Gasteiger partial charge in [0.1, 0.15) is 4.32 Å². The van der Waals surface area contributed by atoms with Crippen molar-refractivity contribution in [2.45, 2.75) is 12.3 Å². The summed E-state index contributed by atoms with van der Waals surface area (Å²) in [6, 6.07) is 19.0. The molecular formula is C25H27N5OS2. The smallest absolute Gasteiger partial charge is 0.255 e. The molecular weight excluding hydrogens is 450 g/mol. The van der Waals surface area contributed by atoms with Crippen LogP contribution in [0.25, 0.3) is 0 Å². The van der Waals surface area contributed by atoms with E-state index >= 15 is 0 Å². The van der Waals surface area contributed by atoms with Crippen LogP contribution >= 0.6 is 24.0 Å². The van der Waals surface area contributed by atoms with Crippen molar-refractivity contribution < 1.29 is 4.79 Å². The van der Waals surface area contributed by atoms with E-state index in [0.29, 0.717) is 16.9 Å². The second-order valence-electron chi connectivity index (χ2n) is 7.91. The highest BCUT2D eigenvalue weighted by atomic mass is 32.2. The Morgan fingerprint density at radius 2 is 1.67 bits per heavy atom. The zero-order valence-corrected chi connectivity index (χ0v) is 19.9. The minimum absolute atomic E-state index is 0.174. The molecule has 0 saturated carbocycles. The van der Waals surface area contributed by atoms with E-state index in [-0.39, 0.29) is 5.91 Å². The number of pyridine rings is 1. The summed E-state index contributed by atoms with van der Waals surface area (Å²) in [6.45, 7) is 4.84. The molecule has 8 heteroatoms. The fraction of sp³-hybridized carbons (Fsp3) is 0.240. The van der Waals surface area contributed by atoms with Crippen molar-refractivity contribution in [1.29, 1.82) is 0 Å². The number of nitrogen functional groups attached to an aromatic ring is 1. The number of nitrogens with zero attached hydrogens (tertiary/aromatic N) is 3. The Labute approximate surface area is 204 Å². The van der Waals surface area contributed by atoms with Crippen LogP contribution in [0.2, 0.25) is 0 Å². The lowest BCUT2D eigenvalue weighted by Gasteiger charge is -2.35. The number of anilines is 2. The summed E-state index contributed by atoms with van der Waals surface area (Å²) in [6.07, 6.45) is 3.69. The first kappa shape index (κ1) is 23.2. The number of hydrogen-bond acceptors (Lipinski definition) is 6. The van der Waals surface area contributed by atoms with Gasteiger partial charge in [-0.25, -0.2) is 0 Å². The molecule has 3 aromatic rings. The maximum atomic E-state index is 12.5. The SMILES string of the molecule is Nc1ccccc1NC(=O)c1ccc(CSC(=S)N2CCN(Cc3ccncc3)CC2)cc1. The van der Waals surface area contributed by atoms with E-state index < -0.39 is 0 Å². The van der Waals surface area contributed by atoms with Gasteiger partial charge in [-0.3, -0.25) is 14.7 Å². The highest BCUT2D eigenvalue weighted by Gasteiger charge is 2.19. The molecule has 4 rings (SSSR count). The maximum absolute atomic E-state index is 12.5. The number of nitrogens with one attached hydrogen (secondary N) is 1. The third-order valence-electron chi connectivity index (χ3n) is 5.57. The second kappa shape index (κ2) is 11.3. The van der Waals surface area contributed by atoms with E-state index in [1.165, 1.54) is 5.56 Å². The van der Waals surface area contributed by atoms with Crippen LogP contribution in [-0.2, 0) is 12.3 Å². The van der Waals surface area contributed by atoms with E-state index in [1.807, 2.05) is 48.8 Å². The van der Waals surface area contributed by atoms with Crippen LogP contribution in [-0.4, -0.2) is 51.2 Å². The topological polar surface area (TPSA) is 74.5 Å². The largest absolute Gasteiger partial charge is 0.397 e. The molecule has 170 valence electrons. The molecule has 0 unspecified atom stereocenters. The van der Waals surface area contributed by atoms with Crippen LogP contribution in [0.3, 0.4) is 0 Å². The van der Waals surface area contributed by atoms with Crippen LogP contribution in [0.1, 0.15) is 21.5 Å². The van der Waals surface area contributed by atoms with Gasteiger partial charge >= 0.3 is 0 Å². The van der Waals surface area contributed by atoms with E-state index in [1.54, 1.807) is 23.9 Å². The third-order valence-corrected chi connectivity index (χ3v) is 7.17. The lowest BCUT2D eigenvalue weighted by molar-refractivity contribution is 0.102. The first-order valence-corrected chi connectivity index (χ1v) is 12.3. The second-order valence-corrected chi connectivity index (χ2v) is 9.52. The Hall–Kier alpha value is -2.94. The molecule has 1 aliphatic rings. The van der Waals surface area contributed by atoms with Crippen LogP contribution in [0.15, 0.2) is 73.1 Å². The van der Waals surface area contributed by atoms with Gasteiger partial charge in [0.05, 0.1) is 11.4 Å². The molecule has 1 aromatic heterocycles. The van der Waals surface area contributed by atoms with Crippen LogP contribution in [0.4, 0.5) is 11.4 Å². The minimum atomic E-state index is -0.174. The van der Waals surface area contributed by atoms with Gasteiger partial charge < -0.3 is 16.0 Å². The number of rotatable bonds is 6. The Morgan fingerprint density at radius 3 is 2.36 bits per heavy atom. The maximum Gasteiger partial charge on any atom is 0.255 e. The molecule has 2 aromatic carbocycles. The molecule has 1 fully saturated rings. The zero-order valence-electron chi connectivity index (χ0n) is 18.3. The van der Waals surface area contributed by atoms with Gasteiger partial charge in [0.25, 0.3) is 5.91 Å². The molecule has 1 saturated heterocycles. The summed E-state index contributed by atoms with van der Waals surface area (Å²) in [5.74, 6) is 0.608. The number of piperazine rings is 1. The van der Waals surface area contributed by atoms with Crippen molar-refractivity contribution in [2.24, 2.45) is 0 Å². The zero-order chi connectivity index (χ0) is 23.0. The molecule has 0 spiro atoms. The van der Waals surface area contributed by atoms with Crippen molar-refractivity contribution in [2.75, 3.05) is 37.2 Å². The number of thiocarbonyl (C=S) groups is 1. The lowest BCUT2D eigenvalue weighted by Crippen LogP contribution is -2.47. The van der Waals surface area contributed by atoms with Gasteiger partial charge in [0.2, 0.25) is 0 Å². The number of hydrogen-bond donors (Lipinski definition) is 2. The summed E-state index contributed by atoms with van der Waals surface area (Å²) in [4.78, 5) is 21.3. The summed E-state index contributed by atoms with van der Waals surface area (Å²) in [5.41, 5.74) is 10.1. The van der Waals surface area contributed by atoms with Crippen molar-refractivity contribution in [3.8, 4) is 0 Å². The standard InChI is InChI=1S/C25H27N5OS2/c26-22-3-1-2-4-23(22)28-24(31)21-7-5-20(6-8-21)18-33-25(32)30-15-13-29(14-16-30)17-19-9-11-27-12-10-19/h1-12H,13-18,26H2,(H,28,31). The fourth-order valence-electron chi connectivity index (χ4n) is 3.63. The highest BCUT2D eigenvalue weighted by Crippen LogP contribution is 2.21. The molecule has 3 N–H and O–H groups in total. The number of thioether (sulfide) groups is 1. The van der Waals surface area contributed by atoms with Gasteiger partial charge in [-0.1, -0.05) is 48.2 Å². The molecule has 0 bridgehead atoms. The van der Waals surface area contributed by atoms with E-state index in [9.17, 15) is 4.79 Å². The Morgan fingerprint density at radius 1 is 0.970 bits per heavy atom. The van der Waals surface area contributed by atoms with Gasteiger partial charge in [0, 0.05) is 56.4 Å². The summed E-state index contributed by atoms with van der Waals surface area (Å²) in [7, 11) is 0. The quantitative estimate of drug-likeness (QED) is 0.406. The first-order chi connectivity index (χ1) is 16.1. The fourth-order valence-corrected chi connectivity index (χ4v) is 4.84. The lowest BCUT2D eigenvalue weighted by atomic mass is 10.1. The van der Waals surface area contributed by atoms with Gasteiger partial charge in [-0.2, -0.15) is 0 Å². The normalized spacial score (nSPS) is 14.1. The number of nitrogens with two attached hydrogens (primary N) is 1. The van der Waals surface area contributed by atoms with Gasteiger partial charge in [-0.05, 0) is 47.5 Å². The van der Waals surface area contributed by atoms with Crippen LogP contribution < -0.4 is 11.1 Å². The molecule has 33 heavy (non-hydrogen) atoms. The summed E-state index contributed by atoms with van der Waals surface area (Å²) in [5, 5.41) is 2.85. The molecule has 1 aliphatic heterocycles. The predicted molar refractivity (Wildman–Crippen MR) is 140 cm³/mol. The van der Waals surface area contributed by atoms with E-state index in [4.69, 9.17) is 18.0 Å². The minimum Gasteiger partial charge on any atom is -0.397 e. The van der Waals surface area contributed by atoms with E-state index in [0.717, 1.165) is 48.4 Å².